The Labute approximate surface area is 279 Å². The van der Waals surface area contributed by atoms with Crippen molar-refractivity contribution in [2.45, 2.75) is 77.1 Å². The molecule has 0 spiro atoms. The summed E-state index contributed by atoms with van der Waals surface area (Å²) < 4.78 is 5.44. The van der Waals surface area contributed by atoms with Crippen molar-refractivity contribution < 1.29 is 33.8 Å². The highest BCUT2D eigenvalue weighted by Gasteiger charge is 2.59. The van der Waals surface area contributed by atoms with Gasteiger partial charge in [0.15, 0.2) is 11.6 Å². The number of nitrogens with two attached hydrogens (primary N) is 2. The van der Waals surface area contributed by atoms with Gasteiger partial charge >= 0.3 is 12.1 Å². The molecule has 3 rings (SSSR count). The quantitative estimate of drug-likeness (QED) is 0.144. The lowest BCUT2D eigenvalue weighted by Crippen LogP contribution is -2.65. The van der Waals surface area contributed by atoms with Gasteiger partial charge in [-0.15, -0.1) is 0 Å². The van der Waals surface area contributed by atoms with Gasteiger partial charge in [-0.3, -0.25) is 19.2 Å². The highest BCUT2D eigenvalue weighted by atomic mass is 32.2. The summed E-state index contributed by atoms with van der Waals surface area (Å²) in [6.45, 7) is 6.26. The fourth-order valence-electron chi connectivity index (χ4n) is 5.92. The number of H-pyrrole nitrogens is 1. The van der Waals surface area contributed by atoms with Crippen LogP contribution in [0.1, 0.15) is 52.5 Å². The Hall–Kier alpha value is -3.94. The van der Waals surface area contributed by atoms with Crippen LogP contribution in [-0.4, -0.2) is 81.9 Å². The first-order valence-corrected chi connectivity index (χ1v) is 16.9. The molecule has 8 N–H and O–H groups in total. The Balaban J connectivity index is 2.07. The minimum Gasteiger partial charge on any atom is -0.481 e. The van der Waals surface area contributed by atoms with Gasteiger partial charge in [-0.05, 0) is 57.3 Å². The third-order valence-electron chi connectivity index (χ3n) is 8.40. The highest BCUT2D eigenvalue weighted by molar-refractivity contribution is 7.98. The standard InChI is InChI=1S/C34H47N5O7S/c1-32(2,3)46-31(45)39-26(17-21-19-37-25-12-8-7-11-22(21)25)30(44)38-20-34(28(42)23(35)13-16-47-5,29(43)24(36)18-27(40)41)33(4)14-9-6-10-15-33/h6-12,14,19,23-24,26,37H,13,15-18,20,35-36H2,1-5H3,(H,38,44)(H,39,45)(H,40,41)/t23-,24-,26+,33?,34?/m0/s1. The van der Waals surface area contributed by atoms with Gasteiger partial charge in [-0.25, -0.2) is 4.79 Å². The van der Waals surface area contributed by atoms with E-state index in [1.807, 2.05) is 30.5 Å². The second-order valence-corrected chi connectivity index (χ2v) is 14.1. The van der Waals surface area contributed by atoms with Crippen LogP contribution in [0.5, 0.6) is 0 Å². The molecule has 1 aliphatic carbocycles. The number of hydrogen-bond donors (Lipinski definition) is 6. The largest absolute Gasteiger partial charge is 0.481 e. The molecule has 2 amide bonds. The predicted octanol–water partition coefficient (Wildman–Crippen LogP) is 3.25. The van der Waals surface area contributed by atoms with Crippen LogP contribution in [0.15, 0.2) is 54.8 Å². The van der Waals surface area contributed by atoms with Crippen LogP contribution in [0.2, 0.25) is 0 Å². The van der Waals surface area contributed by atoms with Crippen LogP contribution < -0.4 is 22.1 Å². The van der Waals surface area contributed by atoms with Gasteiger partial charge in [-0.1, -0.05) is 49.4 Å². The summed E-state index contributed by atoms with van der Waals surface area (Å²) in [5.41, 5.74) is 10.1. The number of hydrogen-bond acceptors (Lipinski definition) is 9. The molecule has 1 heterocycles. The van der Waals surface area contributed by atoms with Crippen LogP contribution in [0.4, 0.5) is 4.79 Å². The molecule has 2 aromatic rings. The van der Waals surface area contributed by atoms with Crippen LogP contribution in [0.25, 0.3) is 10.9 Å². The van der Waals surface area contributed by atoms with Gasteiger partial charge in [0.2, 0.25) is 5.91 Å². The fourth-order valence-corrected chi connectivity index (χ4v) is 6.41. The van der Waals surface area contributed by atoms with E-state index >= 15 is 0 Å². The minimum atomic E-state index is -2.03. The van der Waals surface area contributed by atoms with E-state index in [1.54, 1.807) is 58.2 Å². The molecular formula is C34H47N5O7S. The zero-order valence-corrected chi connectivity index (χ0v) is 28.4. The number of ketones is 2. The van der Waals surface area contributed by atoms with Crippen molar-refractivity contribution in [2.24, 2.45) is 22.3 Å². The van der Waals surface area contributed by atoms with Crippen molar-refractivity contribution in [1.29, 1.82) is 0 Å². The van der Waals surface area contributed by atoms with Crippen LogP contribution in [0.3, 0.4) is 0 Å². The van der Waals surface area contributed by atoms with Gasteiger partial charge < -0.3 is 36.9 Å². The van der Waals surface area contributed by atoms with Crippen molar-refractivity contribution in [1.82, 2.24) is 15.6 Å². The molecule has 0 fully saturated rings. The molecular weight excluding hydrogens is 622 g/mol. The molecule has 2 unspecified atom stereocenters. The number of thioether (sulfide) groups is 1. The van der Waals surface area contributed by atoms with Gasteiger partial charge in [0.25, 0.3) is 0 Å². The molecule has 0 saturated heterocycles. The number of rotatable bonds is 16. The molecule has 0 bridgehead atoms. The lowest BCUT2D eigenvalue weighted by molar-refractivity contribution is -0.152. The SMILES string of the molecule is CSCC[C@H](N)C(=O)C(CNC(=O)[C@@H](Cc1c[nH]c2ccccc12)NC(=O)OC(C)(C)C)(C(=O)[C@@H](N)CC(=O)O)C1(C)C=CC=CC1. The lowest BCUT2D eigenvalue weighted by Gasteiger charge is -2.47. The first kappa shape index (κ1) is 37.5. The second kappa shape index (κ2) is 15.8. The number of allylic oxidation sites excluding steroid dienone is 4. The third-order valence-corrected chi connectivity index (χ3v) is 9.05. The zero-order valence-electron chi connectivity index (χ0n) is 27.6. The number of carboxylic acid groups (broad SMARTS) is 1. The van der Waals surface area contributed by atoms with Crippen molar-refractivity contribution in [2.75, 3.05) is 18.6 Å². The fraction of sp³-hybridized carbons (Fsp3) is 0.500. The number of carbonyl (C=O) groups excluding carboxylic acids is 4. The molecule has 1 aromatic heterocycles. The second-order valence-electron chi connectivity index (χ2n) is 13.1. The number of aliphatic carboxylic acids is 1. The minimum absolute atomic E-state index is 0.0512. The Morgan fingerprint density at radius 2 is 1.77 bits per heavy atom. The number of carbonyl (C=O) groups is 5. The summed E-state index contributed by atoms with van der Waals surface area (Å²) in [5, 5.41) is 15.8. The topological polar surface area (TPSA) is 207 Å². The molecule has 256 valence electrons. The summed E-state index contributed by atoms with van der Waals surface area (Å²) in [4.78, 5) is 70.6. The van der Waals surface area contributed by atoms with Crippen molar-refractivity contribution in [3.05, 3.63) is 60.3 Å². The number of carboxylic acids is 1. The molecule has 5 atom stereocenters. The summed E-state index contributed by atoms with van der Waals surface area (Å²) in [6.07, 6.45) is 9.53. The number of Topliss-reactive ketones (excluding diaryl/α,β-unsaturated/α-hetero) is 2. The van der Waals surface area contributed by atoms with E-state index in [0.29, 0.717) is 5.75 Å². The Morgan fingerprint density at radius 3 is 2.38 bits per heavy atom. The molecule has 1 aromatic carbocycles. The van der Waals surface area contributed by atoms with Gasteiger partial charge in [0.05, 0.1) is 18.5 Å². The van der Waals surface area contributed by atoms with E-state index in [0.717, 1.165) is 16.5 Å². The number of para-hydroxylation sites is 1. The Kier molecular flexibility index (Phi) is 12.6. The maximum atomic E-state index is 14.5. The number of aromatic amines is 1. The molecule has 0 aliphatic heterocycles. The maximum Gasteiger partial charge on any atom is 0.408 e. The number of benzene rings is 1. The van der Waals surface area contributed by atoms with E-state index in [2.05, 4.69) is 15.6 Å². The first-order chi connectivity index (χ1) is 22.0. The first-order valence-electron chi connectivity index (χ1n) is 15.5. The van der Waals surface area contributed by atoms with E-state index in [-0.39, 0.29) is 19.3 Å². The summed E-state index contributed by atoms with van der Waals surface area (Å²) >= 11 is 1.48. The van der Waals surface area contributed by atoms with E-state index < -0.39 is 77.1 Å². The van der Waals surface area contributed by atoms with E-state index in [4.69, 9.17) is 16.2 Å². The summed E-state index contributed by atoms with van der Waals surface area (Å²) in [6, 6.07) is 3.66. The van der Waals surface area contributed by atoms with Gasteiger partial charge in [0.1, 0.15) is 17.1 Å². The Bertz CT molecular complexity index is 1530. The highest BCUT2D eigenvalue weighted by Crippen LogP contribution is 2.48. The third kappa shape index (κ3) is 9.11. The number of nitrogens with one attached hydrogen (secondary N) is 3. The van der Waals surface area contributed by atoms with Crippen LogP contribution >= 0.6 is 11.8 Å². The summed E-state index contributed by atoms with van der Waals surface area (Å²) in [7, 11) is 0. The van der Waals surface area contributed by atoms with Crippen molar-refractivity contribution in [3.8, 4) is 0 Å². The molecule has 0 radical (unpaired) electrons. The van der Waals surface area contributed by atoms with Crippen molar-refractivity contribution in [3.63, 3.8) is 0 Å². The zero-order chi connectivity index (χ0) is 35.0. The number of aromatic nitrogens is 1. The lowest BCUT2D eigenvalue weighted by atomic mass is 9.55. The summed E-state index contributed by atoms with van der Waals surface area (Å²) in [5.74, 6) is -2.94. The number of fused-ring (bicyclic) bond motifs is 1. The molecule has 13 heteroatoms. The average Bonchev–Trinajstić information content (AvgIpc) is 3.41. The molecule has 12 nitrogen and oxygen atoms in total. The normalized spacial score (nSPS) is 19.3. The molecule has 1 aliphatic rings. The van der Waals surface area contributed by atoms with Crippen LogP contribution in [-0.2, 0) is 30.3 Å². The Morgan fingerprint density at radius 1 is 1.09 bits per heavy atom. The van der Waals surface area contributed by atoms with Gasteiger partial charge in [-0.2, -0.15) is 11.8 Å². The molecule has 0 saturated carbocycles. The average molecular weight is 670 g/mol. The monoisotopic (exact) mass is 669 g/mol. The maximum absolute atomic E-state index is 14.5. The number of alkyl carbamates (subject to hydrolysis) is 1. The van der Waals surface area contributed by atoms with Crippen molar-refractivity contribution >= 4 is 52.2 Å². The number of amides is 2. The molecule has 47 heavy (non-hydrogen) atoms. The van der Waals surface area contributed by atoms with Crippen LogP contribution in [0, 0.1) is 10.8 Å². The number of ether oxygens (including phenoxy) is 1. The predicted molar refractivity (Wildman–Crippen MR) is 183 cm³/mol. The van der Waals surface area contributed by atoms with E-state index in [9.17, 15) is 29.1 Å². The van der Waals surface area contributed by atoms with E-state index in [1.165, 1.54) is 11.8 Å². The smallest absolute Gasteiger partial charge is 0.408 e. The van der Waals surface area contributed by atoms with Gasteiger partial charge in [0, 0.05) is 35.5 Å².